The summed E-state index contributed by atoms with van der Waals surface area (Å²) in [5.74, 6) is -0.136. The van der Waals surface area contributed by atoms with Crippen molar-refractivity contribution in [1.82, 2.24) is 9.47 Å². The molecule has 1 aliphatic heterocycles. The van der Waals surface area contributed by atoms with Crippen LogP contribution in [0.1, 0.15) is 16.8 Å². The second-order valence-electron chi connectivity index (χ2n) is 4.24. The van der Waals surface area contributed by atoms with Crippen molar-refractivity contribution in [2.45, 2.75) is 11.7 Å². The van der Waals surface area contributed by atoms with Gasteiger partial charge in [0.25, 0.3) is 11.5 Å². The lowest BCUT2D eigenvalue weighted by Crippen LogP contribution is -2.34. The number of rotatable bonds is 2. The molecule has 1 saturated heterocycles. The fourth-order valence-corrected chi connectivity index (χ4v) is 2.71. The van der Waals surface area contributed by atoms with Crippen LogP contribution in [0.15, 0.2) is 23.1 Å². The monoisotopic (exact) mass is 252 g/mol. The topological polar surface area (TPSA) is 42.3 Å². The van der Waals surface area contributed by atoms with Crippen LogP contribution in [-0.4, -0.2) is 40.0 Å². The molecular weight excluding hydrogens is 236 g/mol. The van der Waals surface area contributed by atoms with Gasteiger partial charge in [-0.1, -0.05) is 0 Å². The standard InChI is InChI=1S/C12H16N2O2S/c1-13-6-3-4-10(11(13)15)12(16)14-7-5-9(8-14)17-2/h3-4,6,9H,5,7-8H2,1-2H3/t9-/m1/s1. The van der Waals surface area contributed by atoms with Gasteiger partial charge in [0, 0.05) is 31.6 Å². The third-order valence-electron chi connectivity index (χ3n) is 3.12. The summed E-state index contributed by atoms with van der Waals surface area (Å²) in [7, 11) is 1.66. The molecule has 0 saturated carbocycles. The van der Waals surface area contributed by atoms with Gasteiger partial charge in [-0.3, -0.25) is 9.59 Å². The Bertz CT molecular complexity index is 484. The number of aromatic nitrogens is 1. The molecule has 0 unspecified atom stereocenters. The summed E-state index contributed by atoms with van der Waals surface area (Å²) in [6.45, 7) is 1.50. The van der Waals surface area contributed by atoms with E-state index < -0.39 is 0 Å². The van der Waals surface area contributed by atoms with Gasteiger partial charge >= 0.3 is 0 Å². The lowest BCUT2D eigenvalue weighted by molar-refractivity contribution is 0.0791. The minimum absolute atomic E-state index is 0.136. The van der Waals surface area contributed by atoms with Crippen molar-refractivity contribution in [2.75, 3.05) is 19.3 Å². The first-order valence-corrected chi connectivity index (χ1v) is 6.90. The van der Waals surface area contributed by atoms with Gasteiger partial charge in [0.05, 0.1) is 0 Å². The maximum absolute atomic E-state index is 12.2. The molecule has 17 heavy (non-hydrogen) atoms. The molecule has 1 aromatic heterocycles. The van der Waals surface area contributed by atoms with Crippen LogP contribution in [-0.2, 0) is 7.05 Å². The van der Waals surface area contributed by atoms with Crippen LogP contribution < -0.4 is 5.56 Å². The van der Waals surface area contributed by atoms with E-state index in [-0.39, 0.29) is 17.0 Å². The maximum atomic E-state index is 12.2. The van der Waals surface area contributed by atoms with E-state index in [2.05, 4.69) is 6.26 Å². The Kier molecular flexibility index (Phi) is 3.57. The Morgan fingerprint density at radius 1 is 1.53 bits per heavy atom. The number of carbonyl (C=O) groups excluding carboxylic acids is 1. The Labute approximate surface area is 105 Å². The van der Waals surface area contributed by atoms with E-state index in [4.69, 9.17) is 0 Å². The molecule has 1 amide bonds. The molecule has 0 aliphatic carbocycles. The molecule has 92 valence electrons. The van der Waals surface area contributed by atoms with E-state index in [1.165, 1.54) is 4.57 Å². The van der Waals surface area contributed by atoms with Gasteiger partial charge in [-0.25, -0.2) is 0 Å². The minimum Gasteiger partial charge on any atom is -0.337 e. The largest absolute Gasteiger partial charge is 0.337 e. The van der Waals surface area contributed by atoms with Gasteiger partial charge < -0.3 is 9.47 Å². The second-order valence-corrected chi connectivity index (χ2v) is 5.37. The summed E-state index contributed by atoms with van der Waals surface area (Å²) in [5, 5.41) is 0.506. The van der Waals surface area contributed by atoms with E-state index in [9.17, 15) is 9.59 Å². The fraction of sp³-hybridized carbons (Fsp3) is 0.500. The number of nitrogens with zero attached hydrogens (tertiary/aromatic N) is 2. The first kappa shape index (κ1) is 12.2. The van der Waals surface area contributed by atoms with Crippen LogP contribution >= 0.6 is 11.8 Å². The second kappa shape index (κ2) is 4.96. The number of pyridine rings is 1. The van der Waals surface area contributed by atoms with Gasteiger partial charge in [-0.2, -0.15) is 11.8 Å². The molecule has 0 spiro atoms. The highest BCUT2D eigenvalue weighted by atomic mass is 32.2. The number of carbonyl (C=O) groups is 1. The minimum atomic E-state index is -0.217. The van der Waals surface area contributed by atoms with Gasteiger partial charge in [0.1, 0.15) is 5.56 Å². The lowest BCUT2D eigenvalue weighted by atomic mass is 10.2. The number of thioether (sulfide) groups is 1. The zero-order valence-corrected chi connectivity index (χ0v) is 10.9. The van der Waals surface area contributed by atoms with Crippen LogP contribution in [0, 0.1) is 0 Å². The van der Waals surface area contributed by atoms with Crippen molar-refractivity contribution < 1.29 is 4.79 Å². The Hall–Kier alpha value is -1.23. The van der Waals surface area contributed by atoms with E-state index >= 15 is 0 Å². The number of aryl methyl sites for hydroxylation is 1. The predicted octanol–water partition coefficient (Wildman–Crippen LogP) is 0.963. The Morgan fingerprint density at radius 2 is 2.29 bits per heavy atom. The summed E-state index contributed by atoms with van der Waals surface area (Å²) in [5.41, 5.74) is 0.0573. The molecule has 5 heteroatoms. The van der Waals surface area contributed by atoms with Crippen molar-refractivity contribution in [3.05, 3.63) is 34.2 Å². The Morgan fingerprint density at radius 3 is 2.94 bits per heavy atom. The smallest absolute Gasteiger partial charge is 0.263 e. The third-order valence-corrected chi connectivity index (χ3v) is 4.17. The van der Waals surface area contributed by atoms with Gasteiger partial charge in [-0.15, -0.1) is 0 Å². The first-order valence-electron chi connectivity index (χ1n) is 5.61. The fourth-order valence-electron chi connectivity index (χ4n) is 2.04. The van der Waals surface area contributed by atoms with Crippen molar-refractivity contribution in [2.24, 2.45) is 7.05 Å². The molecule has 1 atom stereocenters. The highest BCUT2D eigenvalue weighted by molar-refractivity contribution is 7.99. The summed E-state index contributed by atoms with van der Waals surface area (Å²) in [6, 6.07) is 3.34. The van der Waals surface area contributed by atoms with Gasteiger partial charge in [-0.05, 0) is 24.8 Å². The van der Waals surface area contributed by atoms with Crippen LogP contribution in [0.4, 0.5) is 0 Å². The Balaban J connectivity index is 2.21. The van der Waals surface area contributed by atoms with E-state index in [0.29, 0.717) is 5.25 Å². The van der Waals surface area contributed by atoms with E-state index in [1.807, 2.05) is 0 Å². The van der Waals surface area contributed by atoms with Crippen molar-refractivity contribution in [1.29, 1.82) is 0 Å². The molecule has 2 rings (SSSR count). The molecule has 0 N–H and O–H groups in total. The number of hydrogen-bond donors (Lipinski definition) is 0. The zero-order chi connectivity index (χ0) is 12.4. The number of amides is 1. The van der Waals surface area contributed by atoms with Gasteiger partial charge in [0.2, 0.25) is 0 Å². The molecule has 2 heterocycles. The number of likely N-dealkylation sites (tertiary alicyclic amines) is 1. The van der Waals surface area contributed by atoms with Crippen molar-refractivity contribution in [3.63, 3.8) is 0 Å². The van der Waals surface area contributed by atoms with E-state index in [1.54, 1.807) is 42.0 Å². The molecule has 1 fully saturated rings. The molecule has 4 nitrogen and oxygen atoms in total. The molecular formula is C12H16N2O2S. The molecule has 1 aromatic rings. The summed E-state index contributed by atoms with van der Waals surface area (Å²) < 4.78 is 1.44. The molecule has 0 bridgehead atoms. The van der Waals surface area contributed by atoms with Crippen LogP contribution in [0.25, 0.3) is 0 Å². The van der Waals surface area contributed by atoms with Gasteiger partial charge in [0.15, 0.2) is 0 Å². The zero-order valence-electron chi connectivity index (χ0n) is 10.0. The highest BCUT2D eigenvalue weighted by Crippen LogP contribution is 2.21. The highest BCUT2D eigenvalue weighted by Gasteiger charge is 2.27. The van der Waals surface area contributed by atoms with Crippen molar-refractivity contribution in [3.8, 4) is 0 Å². The normalized spacial score (nSPS) is 19.6. The maximum Gasteiger partial charge on any atom is 0.263 e. The van der Waals surface area contributed by atoms with Crippen LogP contribution in [0.3, 0.4) is 0 Å². The van der Waals surface area contributed by atoms with Crippen LogP contribution in [0.2, 0.25) is 0 Å². The third kappa shape index (κ3) is 2.39. The van der Waals surface area contributed by atoms with Crippen molar-refractivity contribution >= 4 is 17.7 Å². The quantitative estimate of drug-likeness (QED) is 0.787. The summed E-state index contributed by atoms with van der Waals surface area (Å²) in [4.78, 5) is 25.8. The predicted molar refractivity (Wildman–Crippen MR) is 69.5 cm³/mol. The lowest BCUT2D eigenvalue weighted by Gasteiger charge is -2.15. The molecule has 1 aliphatic rings. The summed E-state index contributed by atoms with van der Waals surface area (Å²) >= 11 is 1.78. The number of hydrogen-bond acceptors (Lipinski definition) is 3. The van der Waals surface area contributed by atoms with E-state index in [0.717, 1.165) is 19.5 Å². The molecule has 0 radical (unpaired) electrons. The first-order chi connectivity index (χ1) is 8.13. The van der Waals surface area contributed by atoms with Crippen LogP contribution in [0.5, 0.6) is 0 Å². The average Bonchev–Trinajstić information content (AvgIpc) is 2.80. The summed E-state index contributed by atoms with van der Waals surface area (Å²) in [6.07, 6.45) is 4.73. The average molecular weight is 252 g/mol. The molecule has 0 aromatic carbocycles. The SMILES string of the molecule is CS[C@@H]1CCN(C(=O)c2cccn(C)c2=O)C1.